The summed E-state index contributed by atoms with van der Waals surface area (Å²) in [6.07, 6.45) is 3.31. The molecule has 0 spiro atoms. The number of carbonyl (C=O) groups is 1. The quantitative estimate of drug-likeness (QED) is 0.486. The third-order valence-electron chi connectivity index (χ3n) is 2.80. The van der Waals surface area contributed by atoms with Crippen molar-refractivity contribution in [2.24, 2.45) is 0 Å². The molecule has 0 saturated heterocycles. The molecule has 20 heavy (non-hydrogen) atoms. The molecule has 0 saturated carbocycles. The highest BCUT2D eigenvalue weighted by atomic mass is 16.5. The molecule has 0 bridgehead atoms. The predicted molar refractivity (Wildman–Crippen MR) is 74.2 cm³/mol. The summed E-state index contributed by atoms with van der Waals surface area (Å²) in [7, 11) is 1.54. The molecular formula is C15H14N2O3. The molecule has 0 aliphatic carbocycles. The van der Waals surface area contributed by atoms with Gasteiger partial charge in [0.25, 0.3) is 0 Å². The smallest absolute Gasteiger partial charge is 0.348 e. The zero-order valence-corrected chi connectivity index (χ0v) is 11.3. The molecule has 0 radical (unpaired) electrons. The van der Waals surface area contributed by atoms with Gasteiger partial charge in [-0.05, 0) is 25.1 Å². The fraction of sp³-hybridized carbons (Fsp3) is 0.200. The van der Waals surface area contributed by atoms with Crippen LogP contribution in [0.3, 0.4) is 0 Å². The van der Waals surface area contributed by atoms with E-state index in [1.165, 1.54) is 6.08 Å². The maximum Gasteiger partial charge on any atom is 0.348 e. The fourth-order valence-electron chi connectivity index (χ4n) is 1.91. The van der Waals surface area contributed by atoms with Crippen LogP contribution in [0.5, 0.6) is 5.75 Å². The maximum atomic E-state index is 11.7. The third-order valence-corrected chi connectivity index (χ3v) is 2.80. The summed E-state index contributed by atoms with van der Waals surface area (Å²) in [5, 5.41) is 9.09. The van der Waals surface area contributed by atoms with Crippen molar-refractivity contribution in [1.82, 2.24) is 4.40 Å². The average Bonchev–Trinajstić information content (AvgIpc) is 2.82. The monoisotopic (exact) mass is 270 g/mol. The van der Waals surface area contributed by atoms with Crippen LogP contribution in [0.15, 0.2) is 36.0 Å². The minimum atomic E-state index is -0.636. The number of hydrogen-bond acceptors (Lipinski definition) is 4. The van der Waals surface area contributed by atoms with Crippen LogP contribution in [0.25, 0.3) is 11.6 Å². The van der Waals surface area contributed by atoms with Crippen molar-refractivity contribution in [3.05, 3.63) is 41.7 Å². The van der Waals surface area contributed by atoms with Gasteiger partial charge in [-0.1, -0.05) is 6.07 Å². The Balaban J connectivity index is 2.56. The van der Waals surface area contributed by atoms with Crippen molar-refractivity contribution in [2.45, 2.75) is 6.92 Å². The lowest BCUT2D eigenvalue weighted by molar-refractivity contribution is -0.137. The Morgan fingerprint density at radius 3 is 2.95 bits per heavy atom. The van der Waals surface area contributed by atoms with E-state index in [0.717, 1.165) is 5.52 Å². The Morgan fingerprint density at radius 1 is 1.50 bits per heavy atom. The Bertz CT molecular complexity index is 707. The van der Waals surface area contributed by atoms with E-state index >= 15 is 0 Å². The molecule has 5 heteroatoms. The number of esters is 1. The van der Waals surface area contributed by atoms with Crippen LogP contribution in [0.4, 0.5) is 0 Å². The molecule has 102 valence electrons. The standard InChI is InChI=1S/C15H14N2O3/c1-3-20-15(18)11(10-16)8-13-14(19-2)9-12-6-4-5-7-17(12)13/h4-9H,3H2,1-2H3. The molecular weight excluding hydrogens is 256 g/mol. The van der Waals surface area contributed by atoms with Gasteiger partial charge in [0.15, 0.2) is 0 Å². The second-order valence-electron chi connectivity index (χ2n) is 3.98. The summed E-state index contributed by atoms with van der Waals surface area (Å²) in [6, 6.07) is 9.37. The summed E-state index contributed by atoms with van der Waals surface area (Å²) < 4.78 is 12.0. The van der Waals surface area contributed by atoms with Crippen molar-refractivity contribution in [3.8, 4) is 11.8 Å². The van der Waals surface area contributed by atoms with Crippen molar-refractivity contribution in [3.63, 3.8) is 0 Å². The van der Waals surface area contributed by atoms with E-state index in [9.17, 15) is 4.79 Å². The molecule has 2 aromatic rings. The van der Waals surface area contributed by atoms with Gasteiger partial charge in [0.2, 0.25) is 0 Å². The first-order valence-electron chi connectivity index (χ1n) is 6.14. The van der Waals surface area contributed by atoms with Gasteiger partial charge in [-0.3, -0.25) is 0 Å². The average molecular weight is 270 g/mol. The highest BCUT2D eigenvalue weighted by Gasteiger charge is 2.14. The first-order valence-corrected chi connectivity index (χ1v) is 6.14. The summed E-state index contributed by atoms with van der Waals surface area (Å²) in [5.74, 6) is -0.0452. The van der Waals surface area contributed by atoms with Crippen LogP contribution in [0.2, 0.25) is 0 Å². The van der Waals surface area contributed by atoms with E-state index in [1.54, 1.807) is 14.0 Å². The number of methoxy groups -OCH3 is 1. The van der Waals surface area contributed by atoms with E-state index in [2.05, 4.69) is 0 Å². The van der Waals surface area contributed by atoms with Gasteiger partial charge in [-0.2, -0.15) is 5.26 Å². The first-order chi connectivity index (χ1) is 9.71. The Hall–Kier alpha value is -2.74. The topological polar surface area (TPSA) is 63.7 Å². The normalized spacial score (nSPS) is 11.2. The molecule has 0 atom stereocenters. The van der Waals surface area contributed by atoms with Crippen molar-refractivity contribution in [2.75, 3.05) is 13.7 Å². The lowest BCUT2D eigenvalue weighted by Crippen LogP contribution is -2.06. The van der Waals surface area contributed by atoms with Crippen LogP contribution in [-0.2, 0) is 9.53 Å². The molecule has 0 N–H and O–H groups in total. The van der Waals surface area contributed by atoms with Crippen molar-refractivity contribution >= 4 is 17.6 Å². The molecule has 5 nitrogen and oxygen atoms in total. The van der Waals surface area contributed by atoms with Crippen LogP contribution in [0.1, 0.15) is 12.6 Å². The number of fused-ring (bicyclic) bond motifs is 1. The molecule has 0 aliphatic heterocycles. The zero-order chi connectivity index (χ0) is 14.5. The van der Waals surface area contributed by atoms with Gasteiger partial charge in [0.1, 0.15) is 17.4 Å². The minimum Gasteiger partial charge on any atom is -0.494 e. The predicted octanol–water partition coefficient (Wildman–Crippen LogP) is 2.42. The number of rotatable bonds is 4. The lowest BCUT2D eigenvalue weighted by Gasteiger charge is -2.03. The summed E-state index contributed by atoms with van der Waals surface area (Å²) in [6.45, 7) is 1.92. The SMILES string of the molecule is CCOC(=O)C(C#N)=Cc1c(OC)cc2ccccn12. The molecule has 0 fully saturated rings. The van der Waals surface area contributed by atoms with E-state index in [-0.39, 0.29) is 12.2 Å². The highest BCUT2D eigenvalue weighted by molar-refractivity contribution is 5.98. The van der Waals surface area contributed by atoms with Crippen LogP contribution >= 0.6 is 0 Å². The van der Waals surface area contributed by atoms with Gasteiger partial charge in [-0.25, -0.2) is 4.79 Å². The molecule has 2 rings (SSSR count). The highest BCUT2D eigenvalue weighted by Crippen LogP contribution is 2.26. The summed E-state index contributed by atoms with van der Waals surface area (Å²) >= 11 is 0. The Morgan fingerprint density at radius 2 is 2.30 bits per heavy atom. The van der Waals surface area contributed by atoms with Gasteiger partial charge in [0, 0.05) is 17.8 Å². The van der Waals surface area contributed by atoms with Crippen molar-refractivity contribution < 1.29 is 14.3 Å². The van der Waals surface area contributed by atoms with Crippen LogP contribution in [-0.4, -0.2) is 24.1 Å². The molecule has 0 aromatic carbocycles. The largest absolute Gasteiger partial charge is 0.494 e. The molecule has 2 aromatic heterocycles. The van der Waals surface area contributed by atoms with Gasteiger partial charge in [0.05, 0.1) is 19.4 Å². The number of aromatic nitrogens is 1. The molecule has 0 aliphatic rings. The molecule has 2 heterocycles. The van der Waals surface area contributed by atoms with Gasteiger partial charge < -0.3 is 13.9 Å². The number of nitrogens with zero attached hydrogens (tertiary/aromatic N) is 2. The van der Waals surface area contributed by atoms with E-state index in [1.807, 2.05) is 40.9 Å². The van der Waals surface area contributed by atoms with Gasteiger partial charge >= 0.3 is 5.97 Å². The Labute approximate surface area is 116 Å². The van der Waals surface area contributed by atoms with E-state index in [4.69, 9.17) is 14.7 Å². The van der Waals surface area contributed by atoms with Crippen molar-refractivity contribution in [1.29, 1.82) is 5.26 Å². The zero-order valence-electron chi connectivity index (χ0n) is 11.3. The second-order valence-corrected chi connectivity index (χ2v) is 3.98. The summed E-state index contributed by atoms with van der Waals surface area (Å²) in [5.41, 5.74) is 1.48. The van der Waals surface area contributed by atoms with E-state index < -0.39 is 5.97 Å². The fourth-order valence-corrected chi connectivity index (χ4v) is 1.91. The van der Waals surface area contributed by atoms with Crippen LogP contribution in [0, 0.1) is 11.3 Å². The maximum absolute atomic E-state index is 11.7. The number of pyridine rings is 1. The first kappa shape index (κ1) is 13.7. The molecule has 0 unspecified atom stereocenters. The third kappa shape index (κ3) is 2.50. The second kappa shape index (κ2) is 5.93. The van der Waals surface area contributed by atoms with Gasteiger partial charge in [-0.15, -0.1) is 0 Å². The number of ether oxygens (including phenoxy) is 2. The number of hydrogen-bond donors (Lipinski definition) is 0. The summed E-state index contributed by atoms with van der Waals surface area (Å²) in [4.78, 5) is 11.7. The van der Waals surface area contributed by atoms with E-state index in [0.29, 0.717) is 11.4 Å². The molecule has 0 amide bonds. The minimum absolute atomic E-state index is 0.0611. The number of nitriles is 1. The lowest BCUT2D eigenvalue weighted by atomic mass is 10.2. The van der Waals surface area contributed by atoms with Crippen LogP contribution < -0.4 is 4.74 Å². The Kier molecular flexibility index (Phi) is 4.06. The number of carbonyl (C=O) groups excluding carboxylic acids is 1.